The third-order valence-corrected chi connectivity index (χ3v) is 6.90. The van der Waals surface area contributed by atoms with Gasteiger partial charge in [0.25, 0.3) is 0 Å². The summed E-state index contributed by atoms with van der Waals surface area (Å²) in [4.78, 5) is 14.1. The van der Waals surface area contributed by atoms with Gasteiger partial charge in [-0.15, -0.1) is 107 Å². The predicted molar refractivity (Wildman–Crippen MR) is 164 cm³/mol. The second kappa shape index (κ2) is 11.8. The first kappa shape index (κ1) is 26.5. The van der Waals surface area contributed by atoms with Crippen LogP contribution in [0, 0.1) is 18.2 Å². The number of pyridine rings is 3. The predicted octanol–water partition coefficient (Wildman–Crippen LogP) is 8.90. The summed E-state index contributed by atoms with van der Waals surface area (Å²) in [6.07, 6.45) is 1.81. The molecule has 0 fully saturated rings. The van der Waals surface area contributed by atoms with Gasteiger partial charge in [0, 0.05) is 17.0 Å². The van der Waals surface area contributed by atoms with E-state index in [1.54, 1.807) is 0 Å². The van der Waals surface area contributed by atoms with Crippen LogP contribution in [-0.2, 0) is 20.1 Å². The van der Waals surface area contributed by atoms with E-state index in [0.717, 1.165) is 60.6 Å². The van der Waals surface area contributed by atoms with E-state index >= 15 is 0 Å². The molecule has 0 spiro atoms. The minimum Gasteiger partial charge on any atom is -0.344 e. The van der Waals surface area contributed by atoms with Crippen molar-refractivity contribution in [1.82, 2.24) is 15.0 Å². The van der Waals surface area contributed by atoms with Crippen LogP contribution >= 0.6 is 0 Å². The van der Waals surface area contributed by atoms with Crippen LogP contribution in [0.25, 0.3) is 66.0 Å². The van der Waals surface area contributed by atoms with Crippen molar-refractivity contribution in [1.29, 1.82) is 0 Å². The Bertz CT molecular complexity index is 1950. The molecule has 0 aliphatic heterocycles. The van der Waals surface area contributed by atoms with Crippen LogP contribution in [0.3, 0.4) is 0 Å². The van der Waals surface area contributed by atoms with Crippen molar-refractivity contribution in [3.8, 4) is 22.5 Å². The molecule has 41 heavy (non-hydrogen) atoms. The molecule has 0 aliphatic rings. The van der Waals surface area contributed by atoms with Gasteiger partial charge in [0.2, 0.25) is 0 Å². The SMILES string of the molecule is [Ir+3].[c-]1ccccc1-c1ccc2ccc3ccc[c-]c3c2n1.[c-]1ccccc1-c1ccc2ccc3cccnc3c2n1. The largest absolute Gasteiger partial charge is 3.00 e. The molecule has 0 atom stereocenters. The molecule has 3 aromatic heterocycles. The van der Waals surface area contributed by atoms with Gasteiger partial charge in [-0.05, 0) is 28.4 Å². The molecule has 3 heterocycles. The molecule has 194 valence electrons. The zero-order valence-corrected chi connectivity index (χ0v) is 24.3. The zero-order chi connectivity index (χ0) is 26.7. The van der Waals surface area contributed by atoms with Crippen LogP contribution in [-0.4, -0.2) is 15.0 Å². The Labute approximate surface area is 251 Å². The third-order valence-electron chi connectivity index (χ3n) is 6.90. The van der Waals surface area contributed by atoms with Gasteiger partial charge in [0.1, 0.15) is 0 Å². The fourth-order valence-corrected chi connectivity index (χ4v) is 4.91. The first-order valence-electron chi connectivity index (χ1n) is 13.1. The Morgan fingerprint density at radius 2 is 0.951 bits per heavy atom. The minimum absolute atomic E-state index is 0. The molecule has 8 aromatic rings. The zero-order valence-electron chi connectivity index (χ0n) is 21.9. The summed E-state index contributed by atoms with van der Waals surface area (Å²) in [5.41, 5.74) is 6.78. The van der Waals surface area contributed by atoms with Gasteiger partial charge < -0.3 is 4.98 Å². The number of rotatable bonds is 2. The van der Waals surface area contributed by atoms with E-state index in [4.69, 9.17) is 9.97 Å². The molecule has 0 amide bonds. The van der Waals surface area contributed by atoms with E-state index in [0.29, 0.717) is 0 Å². The fraction of sp³-hybridized carbons (Fsp3) is 0. The fourth-order valence-electron chi connectivity index (χ4n) is 4.91. The van der Waals surface area contributed by atoms with Crippen molar-refractivity contribution in [2.75, 3.05) is 0 Å². The Morgan fingerprint density at radius 1 is 0.415 bits per heavy atom. The molecule has 5 aromatic carbocycles. The van der Waals surface area contributed by atoms with E-state index < -0.39 is 0 Å². The van der Waals surface area contributed by atoms with Gasteiger partial charge in [0.15, 0.2) is 0 Å². The van der Waals surface area contributed by atoms with Crippen molar-refractivity contribution >= 4 is 43.5 Å². The molecule has 0 N–H and O–H groups in total. The van der Waals surface area contributed by atoms with E-state index in [1.165, 1.54) is 5.39 Å². The normalized spacial score (nSPS) is 10.7. The van der Waals surface area contributed by atoms with Gasteiger partial charge in [-0.3, -0.25) is 9.97 Å². The average molecular weight is 701 g/mol. The molecule has 4 heteroatoms. The van der Waals surface area contributed by atoms with Crippen molar-refractivity contribution < 1.29 is 20.1 Å². The number of hydrogen-bond acceptors (Lipinski definition) is 3. The van der Waals surface area contributed by atoms with Gasteiger partial charge in [-0.25, -0.2) is 0 Å². The van der Waals surface area contributed by atoms with Crippen LogP contribution in [0.5, 0.6) is 0 Å². The number of benzene rings is 5. The first-order valence-corrected chi connectivity index (χ1v) is 13.1. The molecule has 8 rings (SSSR count). The van der Waals surface area contributed by atoms with E-state index in [-0.39, 0.29) is 20.1 Å². The van der Waals surface area contributed by atoms with Crippen molar-refractivity contribution in [2.24, 2.45) is 0 Å². The molecular formula is C37H22IrN3. The van der Waals surface area contributed by atoms with Gasteiger partial charge in [0.05, 0.1) is 11.0 Å². The van der Waals surface area contributed by atoms with E-state index in [1.807, 2.05) is 85.1 Å². The van der Waals surface area contributed by atoms with Crippen LogP contribution in [0.2, 0.25) is 0 Å². The summed E-state index contributed by atoms with van der Waals surface area (Å²) in [6.45, 7) is 0. The smallest absolute Gasteiger partial charge is 0.344 e. The summed E-state index contributed by atoms with van der Waals surface area (Å²) in [7, 11) is 0. The summed E-state index contributed by atoms with van der Waals surface area (Å²) in [5, 5.41) is 5.60. The van der Waals surface area contributed by atoms with Gasteiger partial charge in [-0.1, -0.05) is 54.6 Å². The summed E-state index contributed by atoms with van der Waals surface area (Å²) in [6, 6.07) is 52.2. The van der Waals surface area contributed by atoms with Gasteiger partial charge in [-0.2, -0.15) is 0 Å². The first-order chi connectivity index (χ1) is 19.8. The molecule has 0 radical (unpaired) electrons. The molecule has 0 saturated heterocycles. The second-order valence-corrected chi connectivity index (χ2v) is 9.43. The van der Waals surface area contributed by atoms with Crippen molar-refractivity contribution in [3.05, 3.63) is 152 Å². The molecule has 0 saturated carbocycles. The maximum absolute atomic E-state index is 4.81. The number of fused-ring (bicyclic) bond motifs is 6. The second-order valence-electron chi connectivity index (χ2n) is 9.43. The van der Waals surface area contributed by atoms with Crippen LogP contribution < -0.4 is 0 Å². The molecule has 0 aliphatic carbocycles. The maximum atomic E-state index is 4.81. The standard InChI is InChI=1S/C19H11N.C18H11N2.Ir/c1-2-7-15(8-3-1)18-13-12-16-11-10-14-6-4-5-9-17(14)19(16)20-18;1-2-5-13(6-3-1)16-11-10-15-9-8-14-7-4-12-19-17(14)18(15)20-16;/h1-7,10-13H;1-5,7-12H;/q-2;-1;+3. The van der Waals surface area contributed by atoms with Crippen molar-refractivity contribution in [3.63, 3.8) is 0 Å². The maximum Gasteiger partial charge on any atom is 3.00 e. The Hall–Kier alpha value is -4.76. The Balaban J connectivity index is 0.000000144. The van der Waals surface area contributed by atoms with E-state index in [9.17, 15) is 0 Å². The van der Waals surface area contributed by atoms with Crippen LogP contribution in [0.15, 0.2) is 134 Å². The summed E-state index contributed by atoms with van der Waals surface area (Å²) in [5.74, 6) is 0. The van der Waals surface area contributed by atoms with E-state index in [2.05, 4.69) is 71.7 Å². The minimum atomic E-state index is 0. The summed E-state index contributed by atoms with van der Waals surface area (Å²) >= 11 is 0. The number of nitrogens with zero attached hydrogens (tertiary/aromatic N) is 3. The molecule has 0 bridgehead atoms. The topological polar surface area (TPSA) is 38.7 Å². The molecule has 3 nitrogen and oxygen atoms in total. The third kappa shape index (κ3) is 5.36. The molecular weight excluding hydrogens is 679 g/mol. The van der Waals surface area contributed by atoms with Gasteiger partial charge >= 0.3 is 20.1 Å². The average Bonchev–Trinajstić information content (AvgIpc) is 3.05. The Morgan fingerprint density at radius 3 is 1.61 bits per heavy atom. The summed E-state index contributed by atoms with van der Waals surface area (Å²) < 4.78 is 0. The number of hydrogen-bond donors (Lipinski definition) is 0. The van der Waals surface area contributed by atoms with Crippen LogP contribution in [0.1, 0.15) is 0 Å². The molecule has 0 unspecified atom stereocenters. The monoisotopic (exact) mass is 701 g/mol. The van der Waals surface area contributed by atoms with Crippen molar-refractivity contribution in [2.45, 2.75) is 0 Å². The van der Waals surface area contributed by atoms with Crippen LogP contribution in [0.4, 0.5) is 0 Å². The Kier molecular flexibility index (Phi) is 7.60. The quantitative estimate of drug-likeness (QED) is 0.134. The number of aromatic nitrogens is 3.